The number of nitrogens with one attached hydrogen (secondary N) is 1. The molecule has 2 aromatic heterocycles. The molecular formula is C20H19Cl2N5O3S2. The van der Waals surface area contributed by atoms with Gasteiger partial charge in [-0.25, -0.2) is 0 Å². The number of carbonyl (C=O) groups is 2. The van der Waals surface area contributed by atoms with Gasteiger partial charge in [0.05, 0.1) is 29.1 Å². The topological polar surface area (TPSA) is 91.6 Å². The number of halogens is 2. The van der Waals surface area contributed by atoms with Gasteiger partial charge in [0.25, 0.3) is 5.91 Å². The monoisotopic (exact) mass is 511 g/mol. The van der Waals surface area contributed by atoms with Crippen LogP contribution in [0.4, 0.5) is 5.13 Å². The maximum atomic E-state index is 12.8. The van der Waals surface area contributed by atoms with Gasteiger partial charge in [-0.2, -0.15) is 0 Å². The van der Waals surface area contributed by atoms with Crippen molar-refractivity contribution >= 4 is 63.2 Å². The number of rotatable bonds is 7. The quantitative estimate of drug-likeness (QED) is 0.482. The van der Waals surface area contributed by atoms with Gasteiger partial charge in [0, 0.05) is 31.2 Å². The maximum absolute atomic E-state index is 12.8. The summed E-state index contributed by atoms with van der Waals surface area (Å²) < 4.78 is 5.91. The summed E-state index contributed by atoms with van der Waals surface area (Å²) in [7, 11) is 0. The van der Waals surface area contributed by atoms with Crippen molar-refractivity contribution < 1.29 is 14.0 Å². The summed E-state index contributed by atoms with van der Waals surface area (Å²) in [5, 5.41) is 12.8. The van der Waals surface area contributed by atoms with E-state index < -0.39 is 0 Å². The zero-order chi connectivity index (χ0) is 22.5. The lowest BCUT2D eigenvalue weighted by Gasteiger charge is -2.34. The summed E-state index contributed by atoms with van der Waals surface area (Å²) in [5.41, 5.74) is 0.449. The van der Waals surface area contributed by atoms with Crippen LogP contribution in [-0.4, -0.2) is 58.8 Å². The highest BCUT2D eigenvalue weighted by atomic mass is 35.5. The highest BCUT2D eigenvalue weighted by Crippen LogP contribution is 2.29. The van der Waals surface area contributed by atoms with E-state index in [2.05, 4.69) is 20.4 Å². The van der Waals surface area contributed by atoms with Crippen molar-refractivity contribution in [1.82, 2.24) is 20.4 Å². The minimum atomic E-state index is -0.111. The number of carbonyl (C=O) groups excluding carboxylic acids is 2. The van der Waals surface area contributed by atoms with Crippen molar-refractivity contribution in [2.45, 2.75) is 10.9 Å². The normalized spacial score (nSPS) is 13.9. The van der Waals surface area contributed by atoms with E-state index in [4.69, 9.17) is 27.6 Å². The lowest BCUT2D eigenvalue weighted by Crippen LogP contribution is -2.48. The highest BCUT2D eigenvalue weighted by molar-refractivity contribution is 8.01. The average molecular weight is 512 g/mol. The number of benzene rings is 1. The molecule has 0 aliphatic carbocycles. The Bertz CT molecular complexity index is 1080. The molecule has 3 aromatic rings. The van der Waals surface area contributed by atoms with Crippen molar-refractivity contribution in [1.29, 1.82) is 0 Å². The fourth-order valence-electron chi connectivity index (χ4n) is 3.10. The van der Waals surface area contributed by atoms with Gasteiger partial charge < -0.3 is 19.5 Å². The number of anilines is 1. The molecule has 8 nitrogen and oxygen atoms in total. The number of hydrogen-bond acceptors (Lipinski definition) is 8. The molecule has 32 heavy (non-hydrogen) atoms. The van der Waals surface area contributed by atoms with Gasteiger partial charge in [0.2, 0.25) is 11.0 Å². The Morgan fingerprint density at radius 2 is 1.97 bits per heavy atom. The van der Waals surface area contributed by atoms with E-state index >= 15 is 0 Å². The first-order chi connectivity index (χ1) is 15.5. The third kappa shape index (κ3) is 5.74. The van der Waals surface area contributed by atoms with Gasteiger partial charge in [0.15, 0.2) is 4.34 Å². The fourth-order valence-corrected chi connectivity index (χ4v) is 5.31. The van der Waals surface area contributed by atoms with E-state index in [1.807, 2.05) is 6.07 Å². The Hall–Kier alpha value is -2.27. The standard InChI is InChI=1S/C20H19Cl2N5O3S2/c21-13-3-4-15(16(22)10-13)18(29)26-5-7-27(8-6-26)19-24-25-20(32-19)31-12-17(28)23-11-14-2-1-9-30-14/h1-4,9-10H,5-8,11-12H2,(H,23,28). The van der Waals surface area contributed by atoms with Crippen molar-refractivity contribution in [3.05, 3.63) is 58.0 Å². The van der Waals surface area contributed by atoms with Crippen molar-refractivity contribution in [2.24, 2.45) is 0 Å². The molecule has 0 bridgehead atoms. The van der Waals surface area contributed by atoms with Crippen LogP contribution in [0, 0.1) is 0 Å². The lowest BCUT2D eigenvalue weighted by atomic mass is 10.2. The zero-order valence-corrected chi connectivity index (χ0v) is 19.9. The van der Waals surface area contributed by atoms with Gasteiger partial charge in [-0.05, 0) is 30.3 Å². The largest absolute Gasteiger partial charge is 0.467 e. The maximum Gasteiger partial charge on any atom is 0.255 e. The SMILES string of the molecule is O=C(CSc1nnc(N2CCN(C(=O)c3ccc(Cl)cc3Cl)CC2)s1)NCc1ccco1. The van der Waals surface area contributed by atoms with Crippen LogP contribution in [0.1, 0.15) is 16.1 Å². The fraction of sp³-hybridized carbons (Fsp3) is 0.300. The molecule has 0 unspecified atom stereocenters. The molecule has 0 radical (unpaired) electrons. The second kappa shape index (κ2) is 10.6. The molecule has 0 saturated carbocycles. The molecule has 1 aliphatic rings. The summed E-state index contributed by atoms with van der Waals surface area (Å²) in [5.74, 6) is 0.744. The molecule has 168 valence electrons. The van der Waals surface area contributed by atoms with E-state index in [1.165, 1.54) is 23.1 Å². The zero-order valence-electron chi connectivity index (χ0n) is 16.8. The third-order valence-electron chi connectivity index (χ3n) is 4.76. The van der Waals surface area contributed by atoms with E-state index in [0.29, 0.717) is 54.1 Å². The van der Waals surface area contributed by atoms with Gasteiger partial charge in [-0.1, -0.05) is 46.3 Å². The Morgan fingerprint density at radius 1 is 1.16 bits per heavy atom. The van der Waals surface area contributed by atoms with Gasteiger partial charge in [-0.15, -0.1) is 10.2 Å². The van der Waals surface area contributed by atoms with Gasteiger partial charge in [0.1, 0.15) is 5.76 Å². The van der Waals surface area contributed by atoms with Gasteiger partial charge >= 0.3 is 0 Å². The Balaban J connectivity index is 1.24. The molecule has 0 atom stereocenters. The minimum Gasteiger partial charge on any atom is -0.467 e. The van der Waals surface area contributed by atoms with Crippen LogP contribution >= 0.6 is 46.3 Å². The van der Waals surface area contributed by atoms with Crippen molar-refractivity contribution in [3.8, 4) is 0 Å². The number of nitrogens with zero attached hydrogens (tertiary/aromatic N) is 4. The summed E-state index contributed by atoms with van der Waals surface area (Å²) >= 11 is 14.9. The number of piperazine rings is 1. The number of thioether (sulfide) groups is 1. The first-order valence-corrected chi connectivity index (χ1v) is 12.3. The molecule has 1 N–H and O–H groups in total. The number of hydrogen-bond donors (Lipinski definition) is 1. The Morgan fingerprint density at radius 3 is 2.69 bits per heavy atom. The predicted octanol–water partition coefficient (Wildman–Crippen LogP) is 3.81. The second-order valence-electron chi connectivity index (χ2n) is 6.90. The van der Waals surface area contributed by atoms with Crippen LogP contribution in [0.25, 0.3) is 0 Å². The van der Waals surface area contributed by atoms with E-state index in [9.17, 15) is 9.59 Å². The van der Waals surface area contributed by atoms with Crippen LogP contribution < -0.4 is 10.2 Å². The molecule has 2 amide bonds. The minimum absolute atomic E-state index is 0.101. The summed E-state index contributed by atoms with van der Waals surface area (Å²) in [6, 6.07) is 8.47. The number of aromatic nitrogens is 2. The first kappa shape index (κ1) is 22.9. The van der Waals surface area contributed by atoms with Crippen LogP contribution in [0.2, 0.25) is 10.0 Å². The smallest absolute Gasteiger partial charge is 0.255 e. The van der Waals surface area contributed by atoms with Crippen LogP contribution in [-0.2, 0) is 11.3 Å². The average Bonchev–Trinajstić information content (AvgIpc) is 3.48. The van der Waals surface area contributed by atoms with Crippen molar-refractivity contribution in [3.63, 3.8) is 0 Å². The predicted molar refractivity (Wildman–Crippen MR) is 126 cm³/mol. The summed E-state index contributed by atoms with van der Waals surface area (Å²) in [6.45, 7) is 2.74. The van der Waals surface area contributed by atoms with Crippen LogP contribution in [0.5, 0.6) is 0 Å². The molecule has 12 heteroatoms. The lowest BCUT2D eigenvalue weighted by molar-refractivity contribution is -0.118. The Labute approximate surface area is 202 Å². The Kier molecular flexibility index (Phi) is 7.56. The van der Waals surface area contributed by atoms with Crippen LogP contribution in [0.15, 0.2) is 45.4 Å². The number of amides is 2. The molecule has 1 aromatic carbocycles. The summed E-state index contributed by atoms with van der Waals surface area (Å²) in [6.07, 6.45) is 1.57. The molecule has 3 heterocycles. The first-order valence-electron chi connectivity index (χ1n) is 9.74. The summed E-state index contributed by atoms with van der Waals surface area (Å²) in [4.78, 5) is 28.6. The highest BCUT2D eigenvalue weighted by Gasteiger charge is 2.25. The molecule has 1 aliphatic heterocycles. The van der Waals surface area contributed by atoms with Gasteiger partial charge in [-0.3, -0.25) is 9.59 Å². The van der Waals surface area contributed by atoms with Crippen molar-refractivity contribution in [2.75, 3.05) is 36.8 Å². The molecular weight excluding hydrogens is 493 g/mol. The molecule has 1 fully saturated rings. The second-order valence-corrected chi connectivity index (χ2v) is 9.92. The third-order valence-corrected chi connectivity index (χ3v) is 7.43. The van der Waals surface area contributed by atoms with E-state index in [-0.39, 0.29) is 17.6 Å². The van der Waals surface area contributed by atoms with E-state index in [0.717, 1.165) is 9.47 Å². The van der Waals surface area contributed by atoms with Crippen LogP contribution in [0.3, 0.4) is 0 Å². The number of furan rings is 1. The molecule has 0 spiro atoms. The molecule has 4 rings (SSSR count). The molecule has 1 saturated heterocycles. The van der Waals surface area contributed by atoms with E-state index in [1.54, 1.807) is 35.4 Å².